The van der Waals surface area contributed by atoms with Gasteiger partial charge in [-0.05, 0) is 49.4 Å². The second kappa shape index (κ2) is 10.7. The molecule has 3 aliphatic carbocycles. The van der Waals surface area contributed by atoms with E-state index in [2.05, 4.69) is 30.4 Å². The fraction of sp³-hybridized carbons (Fsp3) is 0.741. The fourth-order valence-corrected chi connectivity index (χ4v) is 7.04. The molecule has 0 aromatic carbocycles. The monoisotopic (exact) mass is 472 g/mol. The van der Waals surface area contributed by atoms with Gasteiger partial charge < -0.3 is 19.3 Å². The minimum absolute atomic E-state index is 0.0472. The Morgan fingerprint density at radius 2 is 1.82 bits per heavy atom. The van der Waals surface area contributed by atoms with Gasteiger partial charge in [-0.1, -0.05) is 58.1 Å². The number of ether oxygens (including phenoxy) is 3. The molecule has 0 spiro atoms. The van der Waals surface area contributed by atoms with E-state index < -0.39 is 5.97 Å². The van der Waals surface area contributed by atoms with Gasteiger partial charge in [0, 0.05) is 5.41 Å². The van der Waals surface area contributed by atoms with Crippen molar-refractivity contribution in [1.82, 2.24) is 9.97 Å². The van der Waals surface area contributed by atoms with Crippen LogP contribution in [0.1, 0.15) is 88.7 Å². The van der Waals surface area contributed by atoms with Gasteiger partial charge in [0.2, 0.25) is 5.82 Å². The van der Waals surface area contributed by atoms with Crippen molar-refractivity contribution in [1.29, 1.82) is 0 Å². The molecule has 1 saturated heterocycles. The number of carboxylic acid groups (broad SMARTS) is 1. The average Bonchev–Trinajstić information content (AvgIpc) is 3.41. The van der Waals surface area contributed by atoms with E-state index in [4.69, 9.17) is 19.3 Å². The summed E-state index contributed by atoms with van der Waals surface area (Å²) in [6.07, 6.45) is 15.8. The number of allylic oxidation sites excluding steroid dienone is 1. The van der Waals surface area contributed by atoms with E-state index in [1.165, 1.54) is 50.1 Å². The SMILES string of the molecule is C1CCCC1.C=C1CCC2C(C)(CCC3OCOC[C@]32C)C1CCOc1cnc(C(=O)O)nc1. The third-order valence-corrected chi connectivity index (χ3v) is 8.83. The number of nitrogens with zero attached hydrogens (tertiary/aromatic N) is 2. The van der Waals surface area contributed by atoms with Crippen molar-refractivity contribution in [2.75, 3.05) is 20.0 Å². The molecule has 0 amide bonds. The van der Waals surface area contributed by atoms with Gasteiger partial charge in [0.1, 0.15) is 6.79 Å². The topological polar surface area (TPSA) is 90.8 Å². The third-order valence-electron chi connectivity index (χ3n) is 8.83. The predicted molar refractivity (Wildman–Crippen MR) is 129 cm³/mol. The molecule has 188 valence electrons. The lowest BCUT2D eigenvalue weighted by Gasteiger charge is -2.62. The normalized spacial score (nSPS) is 34.9. The lowest BCUT2D eigenvalue weighted by atomic mass is 9.46. The summed E-state index contributed by atoms with van der Waals surface area (Å²) in [6.45, 7) is 10.9. The summed E-state index contributed by atoms with van der Waals surface area (Å²) in [7, 11) is 0. The van der Waals surface area contributed by atoms with Gasteiger partial charge in [-0.3, -0.25) is 0 Å². The van der Waals surface area contributed by atoms with E-state index in [1.54, 1.807) is 0 Å². The molecular weight excluding hydrogens is 432 g/mol. The van der Waals surface area contributed by atoms with E-state index in [0.717, 1.165) is 38.7 Å². The number of rotatable bonds is 5. The first kappa shape index (κ1) is 25.1. The van der Waals surface area contributed by atoms with E-state index in [0.29, 0.717) is 31.0 Å². The zero-order valence-corrected chi connectivity index (χ0v) is 20.8. The summed E-state index contributed by atoms with van der Waals surface area (Å²) in [6, 6.07) is 0. The third kappa shape index (κ3) is 5.15. The first-order valence-electron chi connectivity index (χ1n) is 12.9. The van der Waals surface area contributed by atoms with Gasteiger partial charge in [0.15, 0.2) is 5.75 Å². The number of hydrogen-bond donors (Lipinski definition) is 1. The molecule has 5 rings (SSSR count). The highest BCUT2D eigenvalue weighted by Gasteiger charge is 2.59. The summed E-state index contributed by atoms with van der Waals surface area (Å²) in [4.78, 5) is 18.5. The molecule has 0 radical (unpaired) electrons. The number of carbonyl (C=O) groups is 1. The van der Waals surface area contributed by atoms with E-state index in [1.807, 2.05) is 0 Å². The number of fused-ring (bicyclic) bond motifs is 3. The quantitative estimate of drug-likeness (QED) is 0.553. The summed E-state index contributed by atoms with van der Waals surface area (Å²) >= 11 is 0. The maximum atomic E-state index is 10.9. The smallest absolute Gasteiger partial charge is 0.373 e. The molecule has 4 aliphatic rings. The van der Waals surface area contributed by atoms with Crippen molar-refractivity contribution in [2.45, 2.75) is 84.2 Å². The molecular formula is C27H40N2O5. The molecule has 4 fully saturated rings. The van der Waals surface area contributed by atoms with Gasteiger partial charge in [-0.15, -0.1) is 0 Å². The molecule has 2 heterocycles. The van der Waals surface area contributed by atoms with Crippen LogP contribution in [-0.2, 0) is 9.47 Å². The highest BCUT2D eigenvalue weighted by atomic mass is 16.7. The van der Waals surface area contributed by atoms with Crippen LogP contribution < -0.4 is 4.74 Å². The first-order valence-corrected chi connectivity index (χ1v) is 12.9. The number of hydrogen-bond acceptors (Lipinski definition) is 6. The van der Waals surface area contributed by atoms with E-state index >= 15 is 0 Å². The lowest BCUT2D eigenvalue weighted by molar-refractivity contribution is -0.260. The number of carboxylic acids is 1. The zero-order chi connectivity index (χ0) is 24.2. The van der Waals surface area contributed by atoms with Crippen LogP contribution >= 0.6 is 0 Å². The molecule has 5 atom stereocenters. The molecule has 0 bridgehead atoms. The average molecular weight is 473 g/mol. The molecule has 7 heteroatoms. The fourth-order valence-electron chi connectivity index (χ4n) is 7.04. The number of aromatic nitrogens is 2. The van der Waals surface area contributed by atoms with Crippen molar-refractivity contribution in [3.63, 3.8) is 0 Å². The largest absolute Gasteiger partial charge is 0.490 e. The van der Waals surface area contributed by atoms with Crippen LogP contribution in [0.15, 0.2) is 24.5 Å². The van der Waals surface area contributed by atoms with Gasteiger partial charge in [0.25, 0.3) is 0 Å². The summed E-state index contributed by atoms with van der Waals surface area (Å²) in [5, 5.41) is 8.90. The maximum Gasteiger partial charge on any atom is 0.373 e. The second-order valence-corrected chi connectivity index (χ2v) is 10.9. The first-order chi connectivity index (χ1) is 16.3. The van der Waals surface area contributed by atoms with Gasteiger partial charge >= 0.3 is 5.97 Å². The molecule has 1 aromatic heterocycles. The predicted octanol–water partition coefficient (Wildman–Crippen LogP) is 5.66. The minimum Gasteiger partial charge on any atom is -0.490 e. The van der Waals surface area contributed by atoms with Crippen molar-refractivity contribution >= 4 is 5.97 Å². The van der Waals surface area contributed by atoms with Crippen LogP contribution in [0.25, 0.3) is 0 Å². The van der Waals surface area contributed by atoms with Gasteiger partial charge in [-0.2, -0.15) is 0 Å². The Hall–Kier alpha value is -1.99. The van der Waals surface area contributed by atoms with Crippen LogP contribution in [-0.4, -0.2) is 47.2 Å². The Kier molecular flexibility index (Phi) is 7.93. The van der Waals surface area contributed by atoms with Crippen LogP contribution in [0, 0.1) is 22.7 Å². The highest BCUT2D eigenvalue weighted by molar-refractivity contribution is 5.82. The second-order valence-electron chi connectivity index (χ2n) is 10.9. The minimum atomic E-state index is -1.14. The highest BCUT2D eigenvalue weighted by Crippen LogP contribution is 2.62. The van der Waals surface area contributed by atoms with Crippen molar-refractivity contribution in [3.05, 3.63) is 30.4 Å². The summed E-state index contributed by atoms with van der Waals surface area (Å²) in [5.41, 5.74) is 1.51. The molecule has 3 saturated carbocycles. The lowest BCUT2D eigenvalue weighted by Crippen LogP contribution is -2.60. The molecule has 34 heavy (non-hydrogen) atoms. The Bertz CT molecular complexity index is 847. The van der Waals surface area contributed by atoms with Crippen LogP contribution in [0.5, 0.6) is 5.75 Å². The van der Waals surface area contributed by atoms with E-state index in [9.17, 15) is 4.79 Å². The Labute approximate surface area is 203 Å². The molecule has 1 aliphatic heterocycles. The van der Waals surface area contributed by atoms with Crippen LogP contribution in [0.3, 0.4) is 0 Å². The molecule has 7 nitrogen and oxygen atoms in total. The zero-order valence-electron chi connectivity index (χ0n) is 20.8. The number of aromatic carboxylic acids is 1. The maximum absolute atomic E-state index is 10.9. The summed E-state index contributed by atoms with van der Waals surface area (Å²) < 4.78 is 17.6. The van der Waals surface area contributed by atoms with Crippen LogP contribution in [0.4, 0.5) is 0 Å². The van der Waals surface area contributed by atoms with Gasteiger partial charge in [0.05, 0.1) is 31.7 Å². The Balaban J connectivity index is 0.000000486. The Morgan fingerprint density at radius 3 is 2.47 bits per heavy atom. The molecule has 4 unspecified atom stereocenters. The standard InChI is InChI=1S/C22H30N2O5.C5H10/c1-14-4-5-17-21(2,8-6-18-22(17,3)12-27-13-29-18)16(14)7-9-28-15-10-23-19(20(25)26)24-11-15;1-2-4-5-3-1/h10-11,16-18H,1,4-9,12-13H2,2-3H3,(H,25,26);1-5H2/t16?,17?,18?,21?,22-;/m0./s1. The van der Waals surface area contributed by atoms with Gasteiger partial charge in [-0.25, -0.2) is 14.8 Å². The molecule has 1 N–H and O–H groups in total. The molecule has 1 aromatic rings. The Morgan fingerprint density at radius 1 is 1.15 bits per heavy atom. The van der Waals surface area contributed by atoms with E-state index in [-0.39, 0.29) is 22.8 Å². The van der Waals surface area contributed by atoms with Crippen molar-refractivity contribution in [2.24, 2.45) is 22.7 Å². The van der Waals surface area contributed by atoms with Crippen molar-refractivity contribution in [3.8, 4) is 5.75 Å². The summed E-state index contributed by atoms with van der Waals surface area (Å²) in [5.74, 6) is 0.0230. The van der Waals surface area contributed by atoms with Crippen LogP contribution in [0.2, 0.25) is 0 Å². The van der Waals surface area contributed by atoms with Crippen molar-refractivity contribution < 1.29 is 24.1 Å².